The molecule has 0 aromatic heterocycles. The lowest BCUT2D eigenvalue weighted by Crippen LogP contribution is -2.08. The molecule has 0 atom stereocenters. The predicted octanol–water partition coefficient (Wildman–Crippen LogP) is 2.20. The van der Waals surface area contributed by atoms with Crippen molar-refractivity contribution in [2.75, 3.05) is 24.8 Å². The molecule has 3 nitrogen and oxygen atoms in total. The van der Waals surface area contributed by atoms with Gasteiger partial charge in [0.05, 0.1) is 5.75 Å². The van der Waals surface area contributed by atoms with Gasteiger partial charge >= 0.3 is 0 Å². The van der Waals surface area contributed by atoms with Gasteiger partial charge in [0.2, 0.25) is 0 Å². The fourth-order valence-electron chi connectivity index (χ4n) is 1.32. The molecular weight excluding hydrogens is 278 g/mol. The Labute approximate surface area is 112 Å². The van der Waals surface area contributed by atoms with Gasteiger partial charge in [-0.15, -0.1) is 11.8 Å². The highest BCUT2D eigenvalue weighted by atomic mass is 35.5. The Morgan fingerprint density at radius 3 is 2.71 bits per heavy atom. The summed E-state index contributed by atoms with van der Waals surface area (Å²) in [5.74, 6) is 0.760. The third kappa shape index (κ3) is 5.77. The molecule has 0 bridgehead atoms. The van der Waals surface area contributed by atoms with E-state index in [0.29, 0.717) is 10.8 Å². The third-order valence-electron chi connectivity index (χ3n) is 2.10. The van der Waals surface area contributed by atoms with E-state index in [9.17, 15) is 8.42 Å². The lowest BCUT2D eigenvalue weighted by molar-refractivity contribution is 0.603. The second-order valence-electron chi connectivity index (χ2n) is 3.76. The van der Waals surface area contributed by atoms with Crippen molar-refractivity contribution in [2.24, 2.45) is 0 Å². The molecule has 0 spiro atoms. The summed E-state index contributed by atoms with van der Waals surface area (Å²) in [6.45, 7) is 0.724. The Balaban J connectivity index is 2.69. The highest BCUT2D eigenvalue weighted by molar-refractivity contribution is 8.00. The maximum Gasteiger partial charge on any atom is 0.148 e. The minimum Gasteiger partial charge on any atom is -0.316 e. The lowest BCUT2D eigenvalue weighted by atomic mass is 10.2. The van der Waals surface area contributed by atoms with Gasteiger partial charge in [0, 0.05) is 28.5 Å². The topological polar surface area (TPSA) is 46.2 Å². The summed E-state index contributed by atoms with van der Waals surface area (Å²) in [4.78, 5) is 1.08. The van der Waals surface area contributed by atoms with E-state index in [1.54, 1.807) is 11.8 Å². The molecule has 17 heavy (non-hydrogen) atoms. The number of benzene rings is 1. The van der Waals surface area contributed by atoms with Gasteiger partial charge in [-0.25, -0.2) is 8.42 Å². The van der Waals surface area contributed by atoms with Gasteiger partial charge in [-0.2, -0.15) is 0 Å². The van der Waals surface area contributed by atoms with E-state index in [4.69, 9.17) is 11.6 Å². The van der Waals surface area contributed by atoms with Crippen LogP contribution in [0.1, 0.15) is 5.56 Å². The van der Waals surface area contributed by atoms with Crippen molar-refractivity contribution in [3.63, 3.8) is 0 Å². The fourth-order valence-corrected chi connectivity index (χ4v) is 3.76. The highest BCUT2D eigenvalue weighted by Crippen LogP contribution is 2.25. The molecule has 0 heterocycles. The molecule has 0 unspecified atom stereocenters. The molecule has 0 aliphatic carbocycles. The highest BCUT2D eigenvalue weighted by Gasteiger charge is 2.06. The van der Waals surface area contributed by atoms with Crippen LogP contribution in [0.5, 0.6) is 0 Å². The Morgan fingerprint density at radius 2 is 2.12 bits per heavy atom. The van der Waals surface area contributed by atoms with Crippen LogP contribution in [-0.4, -0.2) is 33.2 Å². The van der Waals surface area contributed by atoms with Crippen LogP contribution in [0.15, 0.2) is 23.1 Å². The summed E-state index contributed by atoms with van der Waals surface area (Å²) in [6.07, 6.45) is 1.25. The van der Waals surface area contributed by atoms with Crippen LogP contribution in [0.25, 0.3) is 0 Å². The van der Waals surface area contributed by atoms with Gasteiger partial charge in [-0.05, 0) is 30.8 Å². The second-order valence-corrected chi connectivity index (χ2v) is 7.59. The van der Waals surface area contributed by atoms with Crippen LogP contribution < -0.4 is 5.32 Å². The van der Waals surface area contributed by atoms with Crippen molar-refractivity contribution in [3.05, 3.63) is 28.8 Å². The predicted molar refractivity (Wildman–Crippen MR) is 74.7 cm³/mol. The van der Waals surface area contributed by atoms with E-state index < -0.39 is 9.84 Å². The Bertz CT molecular complexity index is 474. The van der Waals surface area contributed by atoms with E-state index in [2.05, 4.69) is 5.32 Å². The van der Waals surface area contributed by atoms with Crippen molar-refractivity contribution in [2.45, 2.75) is 11.4 Å². The van der Waals surface area contributed by atoms with E-state index >= 15 is 0 Å². The summed E-state index contributed by atoms with van der Waals surface area (Å²) in [6, 6.07) is 5.66. The lowest BCUT2D eigenvalue weighted by Gasteiger charge is -2.09. The average Bonchev–Trinajstić information content (AvgIpc) is 2.20. The first-order valence-electron chi connectivity index (χ1n) is 5.16. The number of hydrogen-bond donors (Lipinski definition) is 1. The minimum atomic E-state index is -2.89. The fraction of sp³-hybridized carbons (Fsp3) is 0.455. The second kappa shape index (κ2) is 6.64. The van der Waals surface area contributed by atoms with Crippen LogP contribution in [0.4, 0.5) is 0 Å². The molecule has 0 saturated heterocycles. The van der Waals surface area contributed by atoms with Gasteiger partial charge in [-0.3, -0.25) is 0 Å². The van der Waals surface area contributed by atoms with E-state index in [1.807, 2.05) is 25.2 Å². The Morgan fingerprint density at radius 1 is 1.41 bits per heavy atom. The van der Waals surface area contributed by atoms with Gasteiger partial charge in [-0.1, -0.05) is 11.6 Å². The van der Waals surface area contributed by atoms with E-state index in [0.717, 1.165) is 17.0 Å². The molecule has 0 amide bonds. The monoisotopic (exact) mass is 293 g/mol. The Kier molecular flexibility index (Phi) is 5.79. The molecule has 0 saturated carbocycles. The quantitative estimate of drug-likeness (QED) is 0.817. The minimum absolute atomic E-state index is 0.194. The van der Waals surface area contributed by atoms with Crippen molar-refractivity contribution >= 4 is 33.2 Å². The molecule has 0 aliphatic heterocycles. The van der Waals surface area contributed by atoms with Crippen LogP contribution in [0.3, 0.4) is 0 Å². The molecule has 6 heteroatoms. The summed E-state index contributed by atoms with van der Waals surface area (Å²) in [5, 5.41) is 3.77. The summed E-state index contributed by atoms with van der Waals surface area (Å²) >= 11 is 7.47. The van der Waals surface area contributed by atoms with Crippen LogP contribution in [-0.2, 0) is 16.4 Å². The van der Waals surface area contributed by atoms with Crippen LogP contribution in [0.2, 0.25) is 5.02 Å². The van der Waals surface area contributed by atoms with Crippen molar-refractivity contribution in [3.8, 4) is 0 Å². The zero-order valence-corrected chi connectivity index (χ0v) is 12.3. The smallest absolute Gasteiger partial charge is 0.148 e. The van der Waals surface area contributed by atoms with Crippen molar-refractivity contribution in [1.82, 2.24) is 5.32 Å². The SMILES string of the molecule is CNCc1cc(Cl)ccc1SCCS(C)(=O)=O. The van der Waals surface area contributed by atoms with Gasteiger partial charge in [0.25, 0.3) is 0 Å². The summed E-state index contributed by atoms with van der Waals surface area (Å²) < 4.78 is 22.1. The molecule has 1 aromatic carbocycles. The van der Waals surface area contributed by atoms with Gasteiger partial charge < -0.3 is 5.32 Å². The number of nitrogens with one attached hydrogen (secondary N) is 1. The molecular formula is C11H16ClNO2S2. The maximum atomic E-state index is 11.0. The van der Waals surface area contributed by atoms with Gasteiger partial charge in [0.15, 0.2) is 0 Å². The third-order valence-corrected chi connectivity index (χ3v) is 4.66. The normalized spacial score (nSPS) is 11.7. The van der Waals surface area contributed by atoms with Crippen LogP contribution >= 0.6 is 23.4 Å². The number of sulfone groups is 1. The summed E-state index contributed by atoms with van der Waals surface area (Å²) in [7, 11) is -1.02. The van der Waals surface area contributed by atoms with Crippen molar-refractivity contribution < 1.29 is 8.42 Å². The molecule has 0 aliphatic rings. The first-order chi connectivity index (χ1) is 7.92. The Hall–Kier alpha value is -0.230. The molecule has 1 N–H and O–H groups in total. The molecule has 96 valence electrons. The number of thioether (sulfide) groups is 1. The number of hydrogen-bond acceptors (Lipinski definition) is 4. The average molecular weight is 294 g/mol. The standard InChI is InChI=1S/C11H16ClNO2S2/c1-13-8-9-7-10(12)3-4-11(9)16-5-6-17(2,14)15/h3-4,7,13H,5-6,8H2,1-2H3. The zero-order chi connectivity index (χ0) is 12.9. The number of halogens is 1. The zero-order valence-electron chi connectivity index (χ0n) is 9.86. The first-order valence-corrected chi connectivity index (χ1v) is 8.58. The van der Waals surface area contributed by atoms with E-state index in [1.165, 1.54) is 6.26 Å². The first kappa shape index (κ1) is 14.8. The van der Waals surface area contributed by atoms with Gasteiger partial charge in [0.1, 0.15) is 9.84 Å². The van der Waals surface area contributed by atoms with Crippen molar-refractivity contribution in [1.29, 1.82) is 0 Å². The van der Waals surface area contributed by atoms with E-state index in [-0.39, 0.29) is 5.75 Å². The number of rotatable bonds is 6. The molecule has 0 radical (unpaired) electrons. The molecule has 1 rings (SSSR count). The summed E-state index contributed by atoms with van der Waals surface area (Å²) in [5.41, 5.74) is 1.10. The van der Waals surface area contributed by atoms with Crippen LogP contribution in [0, 0.1) is 0 Å². The largest absolute Gasteiger partial charge is 0.316 e. The maximum absolute atomic E-state index is 11.0. The molecule has 0 fully saturated rings. The molecule has 1 aromatic rings.